The lowest BCUT2D eigenvalue weighted by Gasteiger charge is -2.19. The molecule has 0 aliphatic heterocycles. The predicted molar refractivity (Wildman–Crippen MR) is 320 cm³/mol. The minimum absolute atomic E-state index is 0.00119. The average molecular weight is 1140 g/mol. The van der Waals surface area contributed by atoms with Crippen molar-refractivity contribution in [2.75, 3.05) is 54.4 Å². The van der Waals surface area contributed by atoms with E-state index in [1.54, 1.807) is 33.3 Å². The second kappa shape index (κ2) is 56.4. The van der Waals surface area contributed by atoms with Crippen LogP contribution in [0.25, 0.3) is 0 Å². The highest BCUT2D eigenvalue weighted by molar-refractivity contribution is 5.76. The van der Waals surface area contributed by atoms with Gasteiger partial charge in [0.05, 0.1) is 54.3 Å². The Morgan fingerprint density at radius 1 is 0.475 bits per heavy atom. The summed E-state index contributed by atoms with van der Waals surface area (Å²) in [7, 11) is 4.60. The molecular weight excluding hydrogens is 1020 g/mol. The molecule has 0 N–H and O–H groups in total. The SMILES string of the molecule is C=CC.C=CC.CCC(C)(C)C(=O)OC.CCC(C)(C)C(=O)OCCOC.CCC(C)C(=O)OCC(C)OC.CCC(C)C(=O)OCCOC(C)=O.CCC(C)C(=O)OCc1ccccc1.CCC(C)C(=O)OCc1ccccc1. The largest absolute Gasteiger partial charge is 0.469 e. The van der Waals surface area contributed by atoms with Gasteiger partial charge in [0.15, 0.2) is 0 Å². The van der Waals surface area contributed by atoms with Gasteiger partial charge in [0.1, 0.15) is 39.6 Å². The van der Waals surface area contributed by atoms with Crippen molar-refractivity contribution in [3.8, 4) is 0 Å². The Bertz CT molecular complexity index is 1800. The van der Waals surface area contributed by atoms with Crippen LogP contribution in [0.1, 0.15) is 174 Å². The summed E-state index contributed by atoms with van der Waals surface area (Å²) < 4.78 is 43.9. The lowest BCUT2D eigenvalue weighted by molar-refractivity contribution is -0.155. The van der Waals surface area contributed by atoms with Crippen molar-refractivity contribution in [3.63, 3.8) is 0 Å². The zero-order valence-electron chi connectivity index (χ0n) is 53.5. The number of ether oxygens (including phenoxy) is 9. The Hall–Kier alpha value is -5.87. The highest BCUT2D eigenvalue weighted by Crippen LogP contribution is 2.22. The third kappa shape index (κ3) is 52.8. The number of hydrogen-bond donors (Lipinski definition) is 0. The van der Waals surface area contributed by atoms with Gasteiger partial charge >= 0.3 is 41.8 Å². The topological polar surface area (TPSA) is 203 Å². The van der Waals surface area contributed by atoms with Crippen LogP contribution in [-0.4, -0.2) is 102 Å². The van der Waals surface area contributed by atoms with E-state index in [0.717, 1.165) is 49.7 Å². The van der Waals surface area contributed by atoms with E-state index in [9.17, 15) is 33.6 Å². The van der Waals surface area contributed by atoms with Gasteiger partial charge in [0.25, 0.3) is 0 Å². The molecule has 0 spiro atoms. The van der Waals surface area contributed by atoms with Crippen LogP contribution in [0, 0.1) is 34.5 Å². The van der Waals surface area contributed by atoms with Gasteiger partial charge in [-0.1, -0.05) is 142 Å². The number of benzene rings is 2. The summed E-state index contributed by atoms with van der Waals surface area (Å²) in [5, 5.41) is 0. The Morgan fingerprint density at radius 3 is 1.07 bits per heavy atom. The van der Waals surface area contributed by atoms with Crippen molar-refractivity contribution in [2.45, 2.75) is 182 Å². The maximum absolute atomic E-state index is 11.3. The van der Waals surface area contributed by atoms with Gasteiger partial charge < -0.3 is 42.6 Å². The fourth-order valence-corrected chi connectivity index (χ4v) is 4.27. The second-order valence-corrected chi connectivity index (χ2v) is 19.5. The molecule has 0 heterocycles. The molecular formula is C64H110O16. The van der Waals surface area contributed by atoms with Gasteiger partial charge in [-0.15, -0.1) is 13.2 Å². The first-order chi connectivity index (χ1) is 37.6. The van der Waals surface area contributed by atoms with Gasteiger partial charge in [0, 0.05) is 21.1 Å². The standard InChI is InChI=1S/2C12H16O2.C9H16O4.2C9H18O3.C7H14O2.2C3H6/c2*1-3-10(2)12(13)14-9-11-7-5-4-6-8-11;1-4-7(2)9(11)13-6-5-12-8(3)10;1-5-9(2,3)8(10)12-7-6-11-4;1-5-7(2)9(10)12-6-8(3)11-4;1-5-7(2,3)6(8)9-4;2*1-3-2/h2*4-8,10H,3,9H2,1-2H3;7H,4-6H2,1-3H3;5-7H2,1-4H3;7-8H,5-6H2,1-4H3;5H2,1-4H3;2*3H,1H2,2H3. The molecule has 0 radical (unpaired) electrons. The van der Waals surface area contributed by atoms with Crippen LogP contribution in [0.15, 0.2) is 86.0 Å². The number of methoxy groups -OCH3 is 3. The summed E-state index contributed by atoms with van der Waals surface area (Å²) in [6, 6.07) is 19.4. The number of carbonyl (C=O) groups is 7. The van der Waals surface area contributed by atoms with E-state index in [4.69, 9.17) is 33.2 Å². The van der Waals surface area contributed by atoms with Crippen LogP contribution in [-0.2, 0) is 89.4 Å². The Balaban J connectivity index is -0.000000202. The van der Waals surface area contributed by atoms with Gasteiger partial charge in [-0.05, 0) is 98.1 Å². The minimum Gasteiger partial charge on any atom is -0.469 e. The van der Waals surface area contributed by atoms with Crippen LogP contribution in [0.4, 0.5) is 0 Å². The first kappa shape index (κ1) is 85.4. The molecule has 5 atom stereocenters. The number of allylic oxidation sites excluding steroid dienone is 2. The van der Waals surface area contributed by atoms with Crippen molar-refractivity contribution in [2.24, 2.45) is 34.5 Å². The molecule has 0 aliphatic rings. The fourth-order valence-electron chi connectivity index (χ4n) is 4.27. The molecule has 2 aromatic carbocycles. The Morgan fingerprint density at radius 2 is 0.787 bits per heavy atom. The molecule has 0 saturated heterocycles. The smallest absolute Gasteiger partial charge is 0.311 e. The molecule has 0 amide bonds. The summed E-state index contributed by atoms with van der Waals surface area (Å²) in [5.41, 5.74) is 1.39. The van der Waals surface area contributed by atoms with E-state index in [2.05, 4.69) is 22.6 Å². The first-order valence-corrected chi connectivity index (χ1v) is 27.9. The monoisotopic (exact) mass is 1130 g/mol. The minimum atomic E-state index is -0.367. The molecule has 2 rings (SSSR count). The van der Waals surface area contributed by atoms with Crippen molar-refractivity contribution < 1.29 is 76.2 Å². The van der Waals surface area contributed by atoms with Gasteiger partial charge in [-0.3, -0.25) is 33.6 Å². The lowest BCUT2D eigenvalue weighted by atomic mass is 9.91. The maximum Gasteiger partial charge on any atom is 0.311 e. The van der Waals surface area contributed by atoms with Crippen molar-refractivity contribution in [1.82, 2.24) is 0 Å². The average Bonchev–Trinajstić information content (AvgIpc) is 3.46. The van der Waals surface area contributed by atoms with E-state index in [1.165, 1.54) is 14.0 Å². The number of hydrogen-bond acceptors (Lipinski definition) is 16. The molecule has 0 aromatic heterocycles. The van der Waals surface area contributed by atoms with E-state index < -0.39 is 0 Å². The lowest BCUT2D eigenvalue weighted by Crippen LogP contribution is -2.26. The van der Waals surface area contributed by atoms with Crippen LogP contribution in [0.3, 0.4) is 0 Å². The van der Waals surface area contributed by atoms with Crippen LogP contribution in [0.2, 0.25) is 0 Å². The predicted octanol–water partition coefficient (Wildman–Crippen LogP) is 13.9. The zero-order chi connectivity index (χ0) is 63.1. The zero-order valence-corrected chi connectivity index (χ0v) is 53.5. The maximum atomic E-state index is 11.3. The van der Waals surface area contributed by atoms with Gasteiger partial charge in [-0.25, -0.2) is 0 Å². The van der Waals surface area contributed by atoms with E-state index >= 15 is 0 Å². The summed E-state index contributed by atoms with van der Waals surface area (Å²) in [5.74, 6) is -1.35. The van der Waals surface area contributed by atoms with E-state index in [0.29, 0.717) is 33.0 Å². The van der Waals surface area contributed by atoms with Gasteiger partial charge in [0.2, 0.25) is 0 Å². The first-order valence-electron chi connectivity index (χ1n) is 27.9. The highest BCUT2D eigenvalue weighted by atomic mass is 16.6. The second-order valence-electron chi connectivity index (χ2n) is 19.5. The highest BCUT2D eigenvalue weighted by Gasteiger charge is 2.27. The van der Waals surface area contributed by atoms with Gasteiger partial charge in [-0.2, -0.15) is 0 Å². The molecule has 0 bridgehead atoms. The summed E-state index contributed by atoms with van der Waals surface area (Å²) in [6.45, 7) is 42.6. The summed E-state index contributed by atoms with van der Waals surface area (Å²) in [4.78, 5) is 77.3. The molecule has 80 heavy (non-hydrogen) atoms. The Kier molecular flexibility index (Phi) is 60.2. The van der Waals surface area contributed by atoms with Crippen molar-refractivity contribution in [1.29, 1.82) is 0 Å². The molecule has 0 aliphatic carbocycles. The fraction of sp³-hybridized carbons (Fsp3) is 0.641. The molecule has 462 valence electrons. The molecule has 0 fully saturated rings. The van der Waals surface area contributed by atoms with E-state index in [-0.39, 0.29) is 95.6 Å². The van der Waals surface area contributed by atoms with Crippen molar-refractivity contribution >= 4 is 41.8 Å². The third-order valence-electron chi connectivity index (χ3n) is 11.6. The molecule has 2 aromatic rings. The normalized spacial score (nSPS) is 11.8. The molecule has 16 nitrogen and oxygen atoms in total. The van der Waals surface area contributed by atoms with E-state index in [1.807, 2.05) is 171 Å². The van der Waals surface area contributed by atoms with Crippen LogP contribution < -0.4 is 0 Å². The van der Waals surface area contributed by atoms with Crippen LogP contribution >= 0.6 is 0 Å². The summed E-state index contributed by atoms with van der Waals surface area (Å²) >= 11 is 0. The number of rotatable bonds is 25. The summed E-state index contributed by atoms with van der Waals surface area (Å²) in [6.07, 6.45) is 8.32. The molecule has 16 heteroatoms. The number of esters is 7. The quantitative estimate of drug-likeness (QED) is 0.0393. The Labute approximate surface area is 484 Å². The third-order valence-corrected chi connectivity index (χ3v) is 11.6. The van der Waals surface area contributed by atoms with Crippen molar-refractivity contribution in [3.05, 3.63) is 97.1 Å². The number of carbonyl (C=O) groups excluding carboxylic acids is 7. The molecule has 0 saturated carbocycles. The molecule has 5 unspecified atom stereocenters. The van der Waals surface area contributed by atoms with Crippen LogP contribution in [0.5, 0.6) is 0 Å².